The van der Waals surface area contributed by atoms with Gasteiger partial charge >= 0.3 is 0 Å². The SMILES string of the molecule is CN1CCSC(c2ccc(Nc3ncc4cc(C#CC5CCN(S(C)(=O)=O)CC5)c(=O)n(Cc5nccnc5Cl)c4n3)cc2)C1. The predicted octanol–water partition coefficient (Wildman–Crippen LogP) is 3.77. The third kappa shape index (κ3) is 7.48. The van der Waals surface area contributed by atoms with E-state index >= 15 is 0 Å². The minimum absolute atomic E-state index is 0.0205. The molecule has 234 valence electrons. The van der Waals surface area contributed by atoms with Gasteiger partial charge in [0.15, 0.2) is 5.15 Å². The molecule has 1 atom stereocenters. The van der Waals surface area contributed by atoms with Gasteiger partial charge in [-0.25, -0.2) is 22.7 Å². The van der Waals surface area contributed by atoms with E-state index in [1.807, 2.05) is 23.9 Å². The van der Waals surface area contributed by atoms with Crippen molar-refractivity contribution in [3.8, 4) is 11.8 Å². The van der Waals surface area contributed by atoms with E-state index in [-0.39, 0.29) is 23.2 Å². The Morgan fingerprint density at radius 1 is 1.09 bits per heavy atom. The maximum atomic E-state index is 13.8. The molecule has 2 fully saturated rings. The number of aromatic nitrogens is 5. The fourth-order valence-corrected chi connectivity index (χ4v) is 7.91. The zero-order chi connectivity index (χ0) is 31.6. The number of pyridine rings is 1. The molecule has 2 aliphatic rings. The van der Waals surface area contributed by atoms with Crippen LogP contribution < -0.4 is 10.9 Å². The van der Waals surface area contributed by atoms with Crippen LogP contribution >= 0.6 is 23.4 Å². The van der Waals surface area contributed by atoms with E-state index in [1.54, 1.807) is 12.3 Å². The molecule has 1 aromatic carbocycles. The van der Waals surface area contributed by atoms with E-state index in [9.17, 15) is 13.2 Å². The highest BCUT2D eigenvalue weighted by atomic mass is 35.5. The van der Waals surface area contributed by atoms with Crippen LogP contribution in [0.1, 0.15) is 34.9 Å². The van der Waals surface area contributed by atoms with E-state index < -0.39 is 10.0 Å². The number of nitrogens with zero attached hydrogens (tertiary/aromatic N) is 7. The molecular weight excluding hydrogens is 632 g/mol. The number of anilines is 2. The molecule has 5 heterocycles. The van der Waals surface area contributed by atoms with Crippen LogP contribution in [-0.2, 0) is 16.6 Å². The quantitative estimate of drug-likeness (QED) is 0.305. The first kappa shape index (κ1) is 31.4. The minimum Gasteiger partial charge on any atom is -0.324 e. The molecule has 2 aliphatic heterocycles. The zero-order valence-corrected chi connectivity index (χ0v) is 27.4. The molecule has 0 amide bonds. The second kappa shape index (κ2) is 13.4. The van der Waals surface area contributed by atoms with E-state index in [0.29, 0.717) is 59.4 Å². The normalized spacial score (nSPS) is 18.4. The lowest BCUT2D eigenvalue weighted by Gasteiger charge is -2.29. The van der Waals surface area contributed by atoms with E-state index in [1.165, 1.54) is 33.1 Å². The summed E-state index contributed by atoms with van der Waals surface area (Å²) in [5.74, 6) is 7.70. The number of sulfonamides is 1. The van der Waals surface area contributed by atoms with Gasteiger partial charge in [0, 0.05) is 72.8 Å². The van der Waals surface area contributed by atoms with Gasteiger partial charge in [-0.15, -0.1) is 0 Å². The van der Waals surface area contributed by atoms with Gasteiger partial charge in [-0.2, -0.15) is 16.7 Å². The fourth-order valence-electron chi connectivity index (χ4n) is 5.46. The number of hydrogen-bond acceptors (Lipinski definition) is 10. The monoisotopic (exact) mass is 664 g/mol. The zero-order valence-electron chi connectivity index (χ0n) is 25.0. The van der Waals surface area contributed by atoms with Crippen molar-refractivity contribution in [2.24, 2.45) is 5.92 Å². The lowest BCUT2D eigenvalue weighted by atomic mass is 9.98. The van der Waals surface area contributed by atoms with Crippen LogP contribution in [0.5, 0.6) is 0 Å². The Morgan fingerprint density at radius 3 is 2.56 bits per heavy atom. The van der Waals surface area contributed by atoms with Crippen LogP contribution in [0.4, 0.5) is 11.6 Å². The third-order valence-electron chi connectivity index (χ3n) is 8.00. The number of nitrogens with one attached hydrogen (secondary N) is 1. The van der Waals surface area contributed by atoms with Crippen molar-refractivity contribution in [3.63, 3.8) is 0 Å². The molecule has 6 rings (SSSR count). The summed E-state index contributed by atoms with van der Waals surface area (Å²) in [6.07, 6.45) is 7.10. The molecule has 1 unspecified atom stereocenters. The highest BCUT2D eigenvalue weighted by Crippen LogP contribution is 2.33. The number of fused-ring (bicyclic) bond motifs is 1. The molecule has 3 aromatic heterocycles. The second-order valence-corrected chi connectivity index (χ2v) is 14.9. The largest absolute Gasteiger partial charge is 0.324 e. The molecule has 1 N–H and O–H groups in total. The molecule has 0 saturated carbocycles. The highest BCUT2D eigenvalue weighted by Gasteiger charge is 2.24. The Kier molecular flexibility index (Phi) is 9.39. The van der Waals surface area contributed by atoms with Gasteiger partial charge in [-0.1, -0.05) is 35.6 Å². The maximum Gasteiger partial charge on any atom is 0.268 e. The Balaban J connectivity index is 1.29. The van der Waals surface area contributed by atoms with Crippen LogP contribution in [0.2, 0.25) is 5.15 Å². The van der Waals surface area contributed by atoms with E-state index in [2.05, 4.69) is 56.2 Å². The molecule has 2 saturated heterocycles. The van der Waals surface area contributed by atoms with Gasteiger partial charge in [0.05, 0.1) is 24.1 Å². The second-order valence-electron chi connectivity index (χ2n) is 11.3. The fraction of sp³-hybridized carbons (Fsp3) is 0.387. The first-order valence-electron chi connectivity index (χ1n) is 14.6. The van der Waals surface area contributed by atoms with Gasteiger partial charge < -0.3 is 10.2 Å². The van der Waals surface area contributed by atoms with Crippen molar-refractivity contribution < 1.29 is 8.42 Å². The van der Waals surface area contributed by atoms with Crippen LogP contribution in [0, 0.1) is 17.8 Å². The molecule has 45 heavy (non-hydrogen) atoms. The van der Waals surface area contributed by atoms with Crippen molar-refractivity contribution in [1.82, 2.24) is 33.7 Å². The van der Waals surface area contributed by atoms with Gasteiger partial charge in [0.2, 0.25) is 16.0 Å². The first-order chi connectivity index (χ1) is 21.6. The summed E-state index contributed by atoms with van der Waals surface area (Å²) in [5.41, 5.74) is 2.90. The van der Waals surface area contributed by atoms with Gasteiger partial charge in [-0.05, 0) is 43.7 Å². The van der Waals surface area contributed by atoms with Gasteiger partial charge in [0.1, 0.15) is 5.65 Å². The van der Waals surface area contributed by atoms with Gasteiger partial charge in [-0.3, -0.25) is 14.3 Å². The van der Waals surface area contributed by atoms with Crippen molar-refractivity contribution in [2.75, 3.05) is 50.6 Å². The molecule has 0 radical (unpaired) electrons. The van der Waals surface area contributed by atoms with Crippen molar-refractivity contribution >= 4 is 56.1 Å². The van der Waals surface area contributed by atoms with Crippen LogP contribution in [-0.4, -0.2) is 87.4 Å². The lowest BCUT2D eigenvalue weighted by molar-refractivity contribution is 0.313. The molecular formula is C31H33ClN8O3S2. The molecule has 11 nitrogen and oxygen atoms in total. The van der Waals surface area contributed by atoms with Crippen LogP contribution in [0.25, 0.3) is 11.0 Å². The Labute approximate surface area is 271 Å². The molecule has 4 aromatic rings. The Hall–Kier alpha value is -3.54. The first-order valence-corrected chi connectivity index (χ1v) is 17.9. The highest BCUT2D eigenvalue weighted by molar-refractivity contribution is 7.99. The van der Waals surface area contributed by atoms with Crippen LogP contribution in [0.15, 0.2) is 53.7 Å². The van der Waals surface area contributed by atoms with E-state index in [4.69, 9.17) is 16.6 Å². The molecule has 0 spiro atoms. The number of thioether (sulfide) groups is 1. The third-order valence-corrected chi connectivity index (χ3v) is 10.9. The smallest absolute Gasteiger partial charge is 0.268 e. The number of benzene rings is 1. The number of hydrogen-bond donors (Lipinski definition) is 1. The summed E-state index contributed by atoms with van der Waals surface area (Å²) < 4.78 is 26.7. The summed E-state index contributed by atoms with van der Waals surface area (Å²) in [7, 11) is -1.08. The predicted molar refractivity (Wildman–Crippen MR) is 178 cm³/mol. The molecule has 14 heteroatoms. The van der Waals surface area contributed by atoms with Crippen molar-refractivity contribution in [1.29, 1.82) is 0 Å². The summed E-state index contributed by atoms with van der Waals surface area (Å²) in [6.45, 7) is 2.99. The standard InChI is InChI=1S/C31H33ClN8O3S2/c1-38-15-16-44-27(20-38)22-5-7-25(8-6-22)36-31-35-18-24-17-23(4-3-21-9-13-39(14-10-21)45(2,42)43)30(41)40(29(24)37-31)19-26-28(32)34-12-11-33-26/h5-8,11-12,17-18,21,27H,9-10,13-16,19-20H2,1-2H3,(H,35,36,37). The lowest BCUT2D eigenvalue weighted by Crippen LogP contribution is -2.37. The number of likely N-dealkylation sites (N-methyl/N-ethyl adjacent to an activating group) is 1. The Bertz CT molecular complexity index is 1930. The average molecular weight is 665 g/mol. The van der Waals surface area contributed by atoms with Gasteiger partial charge in [0.25, 0.3) is 5.56 Å². The number of halogens is 1. The maximum absolute atomic E-state index is 13.8. The summed E-state index contributed by atoms with van der Waals surface area (Å²) in [6, 6.07) is 9.99. The molecule has 0 bridgehead atoms. The molecule has 0 aliphatic carbocycles. The average Bonchev–Trinajstić information content (AvgIpc) is 3.03. The summed E-state index contributed by atoms with van der Waals surface area (Å²) in [5, 5.41) is 4.54. The Morgan fingerprint density at radius 2 is 1.84 bits per heavy atom. The van der Waals surface area contributed by atoms with Crippen molar-refractivity contribution in [2.45, 2.75) is 24.6 Å². The minimum atomic E-state index is -3.23. The topological polar surface area (TPSA) is 126 Å². The summed E-state index contributed by atoms with van der Waals surface area (Å²) in [4.78, 5) is 33.9. The number of piperidine rings is 1. The number of rotatable bonds is 6. The summed E-state index contributed by atoms with van der Waals surface area (Å²) >= 11 is 8.30. The van der Waals surface area contributed by atoms with Crippen molar-refractivity contribution in [3.05, 3.63) is 81.3 Å². The van der Waals surface area contributed by atoms with Crippen LogP contribution in [0.3, 0.4) is 0 Å². The van der Waals surface area contributed by atoms with E-state index in [0.717, 1.165) is 24.5 Å².